The summed E-state index contributed by atoms with van der Waals surface area (Å²) in [7, 11) is 1.39. The zero-order chi connectivity index (χ0) is 24.4. The lowest BCUT2D eigenvalue weighted by molar-refractivity contribution is -0.118. The van der Waals surface area contributed by atoms with Crippen molar-refractivity contribution in [2.75, 3.05) is 25.6 Å². The maximum Gasteiger partial charge on any atom is 0.280 e. The first-order valence-corrected chi connectivity index (χ1v) is 10.8. The minimum absolute atomic E-state index is 0.0138. The number of nitrogens with zero attached hydrogens (tertiary/aromatic N) is 3. The molecule has 1 aliphatic heterocycles. The molecule has 1 amide bonds. The van der Waals surface area contributed by atoms with Crippen LogP contribution < -0.4 is 15.6 Å². The van der Waals surface area contributed by atoms with Gasteiger partial charge in [-0.15, -0.1) is 0 Å². The van der Waals surface area contributed by atoms with Crippen LogP contribution in [0.5, 0.6) is 5.75 Å². The summed E-state index contributed by atoms with van der Waals surface area (Å²) in [6.07, 6.45) is -2.36. The van der Waals surface area contributed by atoms with Crippen molar-refractivity contribution in [3.8, 4) is 5.75 Å². The van der Waals surface area contributed by atoms with Crippen LogP contribution in [0.2, 0.25) is 0 Å². The Balaban J connectivity index is 1.50. The number of nitrogens with one attached hydrogen (secondary N) is 2. The summed E-state index contributed by atoms with van der Waals surface area (Å²) in [4.78, 5) is 35.7. The normalized spacial score (nSPS) is 22.4. The number of amides is 1. The van der Waals surface area contributed by atoms with E-state index in [-0.39, 0.29) is 23.7 Å². The third kappa shape index (κ3) is 4.66. The molecule has 4 atom stereocenters. The number of hydrogen-bond donors (Lipinski definition) is 4. The highest BCUT2D eigenvalue weighted by Gasteiger charge is 2.45. The Morgan fingerprint density at radius 3 is 2.71 bits per heavy atom. The summed E-state index contributed by atoms with van der Waals surface area (Å²) >= 11 is 0. The van der Waals surface area contributed by atoms with E-state index in [9.17, 15) is 19.8 Å². The molecule has 0 saturated carbocycles. The van der Waals surface area contributed by atoms with E-state index < -0.39 is 42.6 Å². The topological polar surface area (TPSA) is 161 Å². The molecule has 12 heteroatoms. The van der Waals surface area contributed by atoms with Crippen molar-refractivity contribution in [1.29, 1.82) is 0 Å². The third-order valence-electron chi connectivity index (χ3n) is 5.65. The number of ether oxygens (including phenoxy) is 3. The van der Waals surface area contributed by atoms with Gasteiger partial charge >= 0.3 is 0 Å². The van der Waals surface area contributed by atoms with Gasteiger partial charge in [0, 0.05) is 7.11 Å². The number of fused-ring (bicyclic) bond motifs is 1. The molecule has 3 heterocycles. The second-order valence-corrected chi connectivity index (χ2v) is 8.24. The van der Waals surface area contributed by atoms with Crippen LogP contribution >= 0.6 is 0 Å². The molecule has 34 heavy (non-hydrogen) atoms. The van der Waals surface area contributed by atoms with Crippen LogP contribution in [0.4, 0.5) is 5.95 Å². The average Bonchev–Trinajstić information content (AvgIpc) is 3.38. The highest BCUT2D eigenvalue weighted by atomic mass is 16.6. The third-order valence-corrected chi connectivity index (χ3v) is 5.65. The number of aromatic nitrogens is 4. The molecule has 12 nitrogen and oxygen atoms in total. The number of aromatic amines is 1. The van der Waals surface area contributed by atoms with Gasteiger partial charge in [0.25, 0.3) is 11.5 Å². The van der Waals surface area contributed by atoms with Crippen LogP contribution in [-0.4, -0.2) is 74.3 Å². The van der Waals surface area contributed by atoms with Gasteiger partial charge in [-0.1, -0.05) is 26.0 Å². The van der Waals surface area contributed by atoms with Gasteiger partial charge in [0.05, 0.1) is 12.9 Å². The average molecular weight is 473 g/mol. The zero-order valence-electron chi connectivity index (χ0n) is 19.0. The summed E-state index contributed by atoms with van der Waals surface area (Å²) < 4.78 is 17.9. The molecule has 0 aliphatic carbocycles. The van der Waals surface area contributed by atoms with Crippen molar-refractivity contribution in [3.63, 3.8) is 0 Å². The van der Waals surface area contributed by atoms with Crippen molar-refractivity contribution >= 4 is 23.0 Å². The number of hydrogen-bond acceptors (Lipinski definition) is 9. The van der Waals surface area contributed by atoms with Crippen LogP contribution in [0.25, 0.3) is 11.2 Å². The van der Waals surface area contributed by atoms with Crippen molar-refractivity contribution in [1.82, 2.24) is 19.5 Å². The lowest BCUT2D eigenvalue weighted by Gasteiger charge is -2.20. The Morgan fingerprint density at radius 1 is 1.32 bits per heavy atom. The maximum atomic E-state index is 12.5. The van der Waals surface area contributed by atoms with Crippen molar-refractivity contribution in [2.45, 2.75) is 44.3 Å². The van der Waals surface area contributed by atoms with Gasteiger partial charge in [-0.3, -0.25) is 24.5 Å². The number of anilines is 1. The largest absolute Gasteiger partial charge is 0.484 e. The molecule has 0 radical (unpaired) electrons. The molecule has 1 aromatic carbocycles. The van der Waals surface area contributed by atoms with Crippen LogP contribution in [0.15, 0.2) is 35.4 Å². The first-order valence-electron chi connectivity index (χ1n) is 10.8. The monoisotopic (exact) mass is 473 g/mol. The Morgan fingerprint density at radius 2 is 2.06 bits per heavy atom. The van der Waals surface area contributed by atoms with E-state index in [0.29, 0.717) is 11.7 Å². The fourth-order valence-corrected chi connectivity index (χ4v) is 3.79. The molecule has 4 N–H and O–H groups in total. The SMILES string of the molecule is CO[C@@H]1[C@H](O)[C@@H](CO)O[C@H]1n1cnc2c(=O)[nH]c(NC(=O)COc3ccc(C(C)C)cc3)nc21. The number of aliphatic hydroxyl groups is 2. The molecule has 0 bridgehead atoms. The molecule has 1 aliphatic rings. The van der Waals surface area contributed by atoms with Crippen molar-refractivity contribution in [2.24, 2.45) is 0 Å². The van der Waals surface area contributed by atoms with E-state index in [1.807, 2.05) is 12.1 Å². The van der Waals surface area contributed by atoms with E-state index in [1.165, 1.54) is 18.0 Å². The fourth-order valence-electron chi connectivity index (χ4n) is 3.79. The highest BCUT2D eigenvalue weighted by Crippen LogP contribution is 2.32. The van der Waals surface area contributed by atoms with Crippen LogP contribution in [-0.2, 0) is 14.3 Å². The van der Waals surface area contributed by atoms with E-state index in [1.54, 1.807) is 12.1 Å². The molecule has 0 unspecified atom stereocenters. The lowest BCUT2D eigenvalue weighted by atomic mass is 10.0. The Kier molecular flexibility index (Phi) is 6.93. The number of methoxy groups -OCH3 is 1. The molecule has 0 spiro atoms. The Hall–Kier alpha value is -3.32. The first kappa shape index (κ1) is 23.8. The van der Waals surface area contributed by atoms with E-state index in [2.05, 4.69) is 34.1 Å². The van der Waals surface area contributed by atoms with Gasteiger partial charge in [-0.05, 0) is 23.6 Å². The van der Waals surface area contributed by atoms with Crippen molar-refractivity contribution in [3.05, 3.63) is 46.5 Å². The predicted molar refractivity (Wildman–Crippen MR) is 121 cm³/mol. The van der Waals surface area contributed by atoms with Gasteiger partial charge in [-0.25, -0.2) is 4.98 Å². The molecule has 182 valence electrons. The van der Waals surface area contributed by atoms with Crippen molar-refractivity contribution < 1.29 is 29.2 Å². The molecule has 3 aromatic rings. The summed E-state index contributed by atoms with van der Waals surface area (Å²) in [6.45, 7) is 3.46. The lowest BCUT2D eigenvalue weighted by Crippen LogP contribution is -2.34. The smallest absolute Gasteiger partial charge is 0.280 e. The number of rotatable bonds is 8. The number of benzene rings is 1. The fraction of sp³-hybridized carbons (Fsp3) is 0.455. The van der Waals surface area contributed by atoms with E-state index in [4.69, 9.17) is 14.2 Å². The number of imidazole rings is 1. The number of aliphatic hydroxyl groups excluding tert-OH is 2. The number of H-pyrrole nitrogens is 1. The minimum Gasteiger partial charge on any atom is -0.484 e. The molecule has 4 rings (SSSR count). The van der Waals surface area contributed by atoms with Crippen LogP contribution in [0.1, 0.15) is 31.6 Å². The maximum absolute atomic E-state index is 12.5. The number of carbonyl (C=O) groups is 1. The molecular weight excluding hydrogens is 446 g/mol. The van der Waals surface area contributed by atoms with E-state index in [0.717, 1.165) is 5.56 Å². The summed E-state index contributed by atoms with van der Waals surface area (Å²) in [5, 5.41) is 22.3. The molecule has 1 fully saturated rings. The quantitative estimate of drug-likeness (QED) is 0.366. The van der Waals surface area contributed by atoms with Gasteiger partial charge < -0.3 is 24.4 Å². The number of carbonyl (C=O) groups excluding carboxylic acids is 1. The second kappa shape index (κ2) is 9.89. The second-order valence-electron chi connectivity index (χ2n) is 8.24. The summed E-state index contributed by atoms with van der Waals surface area (Å²) in [6, 6.07) is 7.44. The molecule has 2 aromatic heterocycles. The summed E-state index contributed by atoms with van der Waals surface area (Å²) in [5.74, 6) is 0.295. The van der Waals surface area contributed by atoms with Gasteiger partial charge in [-0.2, -0.15) is 4.98 Å². The standard InChI is InChI=1S/C22H27N5O7/c1-11(2)12-4-6-13(7-5-12)33-9-15(29)24-22-25-19-16(20(31)26-22)23-10-27(19)21-18(32-3)17(30)14(8-28)34-21/h4-7,10-11,14,17-18,21,28,30H,8-9H2,1-3H3,(H2,24,25,26,29,31)/t14-,17-,18-,21-/m1/s1. The minimum atomic E-state index is -1.09. The summed E-state index contributed by atoms with van der Waals surface area (Å²) in [5.41, 5.74) is 0.709. The van der Waals surface area contributed by atoms with Crippen LogP contribution in [0, 0.1) is 0 Å². The zero-order valence-corrected chi connectivity index (χ0v) is 19.0. The van der Waals surface area contributed by atoms with Gasteiger partial charge in [0.1, 0.15) is 24.1 Å². The van der Waals surface area contributed by atoms with Crippen LogP contribution in [0.3, 0.4) is 0 Å². The van der Waals surface area contributed by atoms with Gasteiger partial charge in [0.15, 0.2) is 24.0 Å². The molecular formula is C22H27N5O7. The highest BCUT2D eigenvalue weighted by molar-refractivity contribution is 5.90. The first-order chi connectivity index (χ1) is 16.3. The Labute approximate surface area is 194 Å². The Bertz CT molecular complexity index is 1210. The molecule has 1 saturated heterocycles. The van der Waals surface area contributed by atoms with E-state index >= 15 is 0 Å². The predicted octanol–water partition coefficient (Wildman–Crippen LogP) is 0.526. The van der Waals surface area contributed by atoms with Gasteiger partial charge in [0.2, 0.25) is 5.95 Å².